The lowest BCUT2D eigenvalue weighted by atomic mass is 9.93. The Labute approximate surface area is 176 Å². The molecule has 2 aromatic rings. The van der Waals surface area contributed by atoms with Crippen LogP contribution in [0.25, 0.3) is 0 Å². The van der Waals surface area contributed by atoms with Crippen LogP contribution in [0, 0.1) is 0 Å². The van der Waals surface area contributed by atoms with Crippen LogP contribution in [0.1, 0.15) is 94.0 Å². The maximum absolute atomic E-state index is 6.06. The molecule has 0 N–H and O–H groups in total. The van der Waals surface area contributed by atoms with E-state index >= 15 is 0 Å². The van der Waals surface area contributed by atoms with Gasteiger partial charge in [0, 0.05) is 16.3 Å². The molecule has 0 saturated carbocycles. The topological polar surface area (TPSA) is 12.9 Å². The van der Waals surface area contributed by atoms with E-state index in [0.717, 1.165) is 16.0 Å². The molecular formula is C22H31BrClNS. The fourth-order valence-electron chi connectivity index (χ4n) is 3.39. The van der Waals surface area contributed by atoms with Crippen LogP contribution in [0.2, 0.25) is 5.02 Å². The molecule has 0 fully saturated rings. The molecule has 1 aromatic heterocycles. The Hall–Kier alpha value is -0.380. The highest BCUT2D eigenvalue weighted by Crippen LogP contribution is 2.33. The smallest absolute Gasteiger partial charge is 0.117 e. The first-order valence-corrected chi connectivity index (χ1v) is 12.1. The number of benzene rings is 1. The highest BCUT2D eigenvalue weighted by atomic mass is 79.9. The van der Waals surface area contributed by atoms with E-state index in [-0.39, 0.29) is 0 Å². The van der Waals surface area contributed by atoms with E-state index in [4.69, 9.17) is 11.6 Å². The number of hydrogen-bond donors (Lipinski definition) is 0. The summed E-state index contributed by atoms with van der Waals surface area (Å²) in [6, 6.07) is 8.29. The average Bonchev–Trinajstić information content (AvgIpc) is 3.07. The van der Waals surface area contributed by atoms with Crippen molar-refractivity contribution in [2.24, 2.45) is 0 Å². The second kappa shape index (κ2) is 12.9. The van der Waals surface area contributed by atoms with E-state index in [0.29, 0.717) is 5.92 Å². The summed E-state index contributed by atoms with van der Waals surface area (Å²) in [7, 11) is 0. The Morgan fingerprint density at radius 3 is 2.04 bits per heavy atom. The molecule has 144 valence electrons. The molecule has 1 nitrogen and oxygen atoms in total. The first-order valence-electron chi connectivity index (χ1n) is 10.1. The van der Waals surface area contributed by atoms with Crippen molar-refractivity contribution in [2.75, 3.05) is 0 Å². The molecule has 0 saturated heterocycles. The lowest BCUT2D eigenvalue weighted by Gasteiger charge is -2.15. The second-order valence-corrected chi connectivity index (χ2v) is 9.22. The molecule has 0 aliphatic carbocycles. The van der Waals surface area contributed by atoms with Crippen LogP contribution < -0.4 is 0 Å². The van der Waals surface area contributed by atoms with Crippen molar-refractivity contribution in [3.8, 4) is 0 Å². The molecule has 26 heavy (non-hydrogen) atoms. The maximum atomic E-state index is 6.06. The standard InChI is InChI=1S/C22H31BrClNS/c1-2-3-4-5-6-7-8-9-10-11-12-20(22-25-21(23)17-26-22)18-13-15-19(24)16-14-18/h13-17,20H,2-12H2,1H3. The van der Waals surface area contributed by atoms with Gasteiger partial charge in [-0.1, -0.05) is 94.9 Å². The molecule has 1 unspecified atom stereocenters. The van der Waals surface area contributed by atoms with Gasteiger partial charge in [-0.3, -0.25) is 0 Å². The Balaban J connectivity index is 1.73. The predicted octanol–water partition coefficient (Wildman–Crippen LogP) is 9.00. The number of nitrogens with zero attached hydrogens (tertiary/aromatic N) is 1. The minimum atomic E-state index is 0.387. The van der Waals surface area contributed by atoms with Crippen LogP contribution in [0.4, 0.5) is 0 Å². The van der Waals surface area contributed by atoms with Crippen LogP contribution in [-0.2, 0) is 0 Å². The van der Waals surface area contributed by atoms with Crippen LogP contribution in [0.15, 0.2) is 34.2 Å². The van der Waals surface area contributed by atoms with E-state index in [1.54, 1.807) is 11.3 Å². The summed E-state index contributed by atoms with van der Waals surface area (Å²) in [5.74, 6) is 0.387. The minimum Gasteiger partial charge on any atom is -0.234 e. The van der Waals surface area contributed by atoms with Gasteiger partial charge in [-0.05, 0) is 40.0 Å². The fraction of sp³-hybridized carbons (Fsp3) is 0.591. The average molecular weight is 457 g/mol. The highest BCUT2D eigenvalue weighted by molar-refractivity contribution is 9.10. The summed E-state index contributed by atoms with van der Waals surface area (Å²) >= 11 is 11.3. The first-order chi connectivity index (χ1) is 12.7. The Morgan fingerprint density at radius 2 is 1.50 bits per heavy atom. The van der Waals surface area contributed by atoms with Crippen molar-refractivity contribution in [2.45, 2.75) is 83.5 Å². The molecule has 0 spiro atoms. The zero-order valence-electron chi connectivity index (χ0n) is 15.9. The van der Waals surface area contributed by atoms with Gasteiger partial charge in [0.2, 0.25) is 0 Å². The summed E-state index contributed by atoms with van der Waals surface area (Å²) in [6.07, 6.45) is 14.9. The number of rotatable bonds is 13. The number of aromatic nitrogens is 1. The van der Waals surface area contributed by atoms with E-state index in [1.165, 1.54) is 74.8 Å². The first kappa shape index (κ1) is 21.9. The maximum Gasteiger partial charge on any atom is 0.117 e. The zero-order valence-corrected chi connectivity index (χ0v) is 19.0. The largest absolute Gasteiger partial charge is 0.234 e. The summed E-state index contributed by atoms with van der Waals surface area (Å²) in [4.78, 5) is 4.68. The molecule has 1 atom stereocenters. The Morgan fingerprint density at radius 1 is 0.923 bits per heavy atom. The molecule has 1 heterocycles. The summed E-state index contributed by atoms with van der Waals surface area (Å²) in [5.41, 5.74) is 1.33. The predicted molar refractivity (Wildman–Crippen MR) is 120 cm³/mol. The quantitative estimate of drug-likeness (QED) is 0.274. The van der Waals surface area contributed by atoms with Crippen LogP contribution in [-0.4, -0.2) is 4.98 Å². The fourth-order valence-corrected chi connectivity index (χ4v) is 4.95. The van der Waals surface area contributed by atoms with Gasteiger partial charge < -0.3 is 0 Å². The Bertz CT molecular complexity index is 611. The summed E-state index contributed by atoms with van der Waals surface area (Å²) in [5, 5.41) is 4.08. The van der Waals surface area contributed by atoms with Gasteiger partial charge in [-0.25, -0.2) is 4.98 Å². The van der Waals surface area contributed by atoms with E-state index in [9.17, 15) is 0 Å². The normalized spacial score (nSPS) is 12.4. The summed E-state index contributed by atoms with van der Waals surface area (Å²) in [6.45, 7) is 2.28. The SMILES string of the molecule is CCCCCCCCCCCCC(c1ccc(Cl)cc1)c1nc(Br)cs1. The van der Waals surface area contributed by atoms with Crippen molar-refractivity contribution < 1.29 is 0 Å². The third kappa shape index (κ3) is 8.10. The third-order valence-electron chi connectivity index (χ3n) is 4.91. The van der Waals surface area contributed by atoms with Gasteiger partial charge in [-0.15, -0.1) is 11.3 Å². The van der Waals surface area contributed by atoms with Gasteiger partial charge in [0.1, 0.15) is 9.61 Å². The number of hydrogen-bond acceptors (Lipinski definition) is 2. The molecule has 2 rings (SSSR count). The minimum absolute atomic E-state index is 0.387. The van der Waals surface area contributed by atoms with Crippen LogP contribution in [0.5, 0.6) is 0 Å². The number of thiazole rings is 1. The van der Waals surface area contributed by atoms with Crippen LogP contribution in [0.3, 0.4) is 0 Å². The lowest BCUT2D eigenvalue weighted by molar-refractivity contribution is 0.540. The van der Waals surface area contributed by atoms with E-state index in [2.05, 4.69) is 45.4 Å². The van der Waals surface area contributed by atoms with E-state index in [1.807, 2.05) is 12.1 Å². The number of halogens is 2. The molecule has 0 aliphatic rings. The van der Waals surface area contributed by atoms with Gasteiger partial charge in [0.15, 0.2) is 0 Å². The molecule has 1 aromatic carbocycles. The van der Waals surface area contributed by atoms with Crippen molar-refractivity contribution in [1.29, 1.82) is 0 Å². The van der Waals surface area contributed by atoms with Crippen molar-refractivity contribution in [3.05, 3.63) is 49.8 Å². The van der Waals surface area contributed by atoms with Gasteiger partial charge in [0.05, 0.1) is 0 Å². The Kier molecular flexibility index (Phi) is 10.9. The zero-order chi connectivity index (χ0) is 18.6. The number of unbranched alkanes of at least 4 members (excludes halogenated alkanes) is 9. The van der Waals surface area contributed by atoms with E-state index < -0.39 is 0 Å². The molecule has 4 heteroatoms. The van der Waals surface area contributed by atoms with Crippen molar-refractivity contribution in [3.63, 3.8) is 0 Å². The van der Waals surface area contributed by atoms with Crippen LogP contribution >= 0.6 is 38.9 Å². The highest BCUT2D eigenvalue weighted by Gasteiger charge is 2.17. The van der Waals surface area contributed by atoms with Gasteiger partial charge >= 0.3 is 0 Å². The van der Waals surface area contributed by atoms with Gasteiger partial charge in [-0.2, -0.15) is 0 Å². The van der Waals surface area contributed by atoms with Crippen molar-refractivity contribution >= 4 is 38.9 Å². The molecular weight excluding hydrogens is 426 g/mol. The van der Waals surface area contributed by atoms with Crippen molar-refractivity contribution in [1.82, 2.24) is 4.98 Å². The second-order valence-electron chi connectivity index (χ2n) is 7.08. The summed E-state index contributed by atoms with van der Waals surface area (Å²) < 4.78 is 0.944. The molecule has 0 radical (unpaired) electrons. The van der Waals surface area contributed by atoms with Gasteiger partial charge in [0.25, 0.3) is 0 Å². The third-order valence-corrected chi connectivity index (χ3v) is 6.83. The molecule has 0 aliphatic heterocycles. The molecule has 0 amide bonds. The molecule has 0 bridgehead atoms. The monoisotopic (exact) mass is 455 g/mol. The lowest BCUT2D eigenvalue weighted by Crippen LogP contribution is -2.01.